The molecule has 0 spiro atoms. The monoisotopic (exact) mass is 299 g/mol. The fraction of sp³-hybridized carbons (Fsp3) is 0.857. The van der Waals surface area contributed by atoms with Gasteiger partial charge in [0.2, 0.25) is 5.89 Å². The van der Waals surface area contributed by atoms with Gasteiger partial charge in [0.1, 0.15) is 0 Å². The Morgan fingerprint density at radius 1 is 1.15 bits per heavy atom. The van der Waals surface area contributed by atoms with Crippen molar-refractivity contribution >= 4 is 12.4 Å². The van der Waals surface area contributed by atoms with Crippen LogP contribution in [0.5, 0.6) is 0 Å². The van der Waals surface area contributed by atoms with E-state index in [1.165, 1.54) is 25.7 Å². The van der Waals surface area contributed by atoms with E-state index >= 15 is 0 Å². The molecule has 6 heteroatoms. The Hall–Kier alpha value is -0.650. The zero-order valence-corrected chi connectivity index (χ0v) is 12.4. The van der Waals surface area contributed by atoms with E-state index in [0.717, 1.165) is 43.7 Å². The first-order valence-corrected chi connectivity index (χ1v) is 7.57. The third-order valence-corrected chi connectivity index (χ3v) is 4.91. The Balaban J connectivity index is 0.00000121. The Kier molecular flexibility index (Phi) is 4.29. The third-order valence-electron chi connectivity index (χ3n) is 4.91. The van der Waals surface area contributed by atoms with Gasteiger partial charge in [0, 0.05) is 18.6 Å². The molecular weight excluding hydrogens is 278 g/mol. The zero-order chi connectivity index (χ0) is 12.7. The number of fused-ring (bicyclic) bond motifs is 1. The first-order chi connectivity index (χ1) is 9.40. The van der Waals surface area contributed by atoms with Gasteiger partial charge in [0.15, 0.2) is 5.82 Å². The standard InChI is InChI=1S/C14H21N3O2.ClH/c1-2-4-11-9(3-1)7-12(15-11)14-16-13(17-19-14)10-5-6-18-8-10;/h9-12,15H,1-8H2;1H. The second-order valence-corrected chi connectivity index (χ2v) is 6.16. The van der Waals surface area contributed by atoms with E-state index in [9.17, 15) is 0 Å². The van der Waals surface area contributed by atoms with E-state index in [1.54, 1.807) is 0 Å². The molecule has 1 saturated carbocycles. The van der Waals surface area contributed by atoms with Crippen LogP contribution >= 0.6 is 12.4 Å². The van der Waals surface area contributed by atoms with Crippen LogP contribution in [0.15, 0.2) is 4.52 Å². The third kappa shape index (κ3) is 2.59. The second-order valence-electron chi connectivity index (χ2n) is 6.16. The van der Waals surface area contributed by atoms with Gasteiger partial charge in [-0.2, -0.15) is 4.98 Å². The van der Waals surface area contributed by atoms with Crippen molar-refractivity contribution in [1.82, 2.24) is 15.5 Å². The molecule has 5 nitrogen and oxygen atoms in total. The molecule has 20 heavy (non-hydrogen) atoms. The normalized spacial score (nSPS) is 36.6. The maximum Gasteiger partial charge on any atom is 0.243 e. The predicted molar refractivity (Wildman–Crippen MR) is 76.0 cm³/mol. The van der Waals surface area contributed by atoms with Gasteiger partial charge in [0.25, 0.3) is 0 Å². The summed E-state index contributed by atoms with van der Waals surface area (Å²) < 4.78 is 10.9. The molecule has 1 N–H and O–H groups in total. The molecule has 1 aromatic heterocycles. The number of nitrogens with zero attached hydrogens (tertiary/aromatic N) is 2. The summed E-state index contributed by atoms with van der Waals surface area (Å²) in [6.45, 7) is 1.56. The van der Waals surface area contributed by atoms with Crippen LogP contribution in [0.1, 0.15) is 62.2 Å². The highest BCUT2D eigenvalue weighted by Crippen LogP contribution is 2.38. The lowest BCUT2D eigenvalue weighted by molar-refractivity contribution is 0.192. The van der Waals surface area contributed by atoms with E-state index in [2.05, 4.69) is 15.5 Å². The summed E-state index contributed by atoms with van der Waals surface area (Å²) >= 11 is 0. The number of hydrogen-bond donors (Lipinski definition) is 1. The van der Waals surface area contributed by atoms with Crippen LogP contribution in [0.3, 0.4) is 0 Å². The Labute approximate surface area is 125 Å². The highest BCUT2D eigenvalue weighted by Gasteiger charge is 2.38. The Morgan fingerprint density at radius 2 is 2.05 bits per heavy atom. The number of rotatable bonds is 2. The van der Waals surface area contributed by atoms with Gasteiger partial charge >= 0.3 is 0 Å². The van der Waals surface area contributed by atoms with E-state index in [1.807, 2.05) is 0 Å². The average molecular weight is 300 g/mol. The fourth-order valence-corrected chi connectivity index (χ4v) is 3.80. The largest absolute Gasteiger partial charge is 0.381 e. The Bertz CT molecular complexity index is 433. The van der Waals surface area contributed by atoms with Crippen LogP contribution in [0.25, 0.3) is 0 Å². The zero-order valence-electron chi connectivity index (χ0n) is 11.6. The topological polar surface area (TPSA) is 60.2 Å². The highest BCUT2D eigenvalue weighted by molar-refractivity contribution is 5.85. The van der Waals surface area contributed by atoms with Crippen LogP contribution in [0.4, 0.5) is 0 Å². The lowest BCUT2D eigenvalue weighted by Crippen LogP contribution is -2.30. The van der Waals surface area contributed by atoms with Crippen molar-refractivity contribution in [2.24, 2.45) is 5.92 Å². The molecule has 1 aromatic rings. The van der Waals surface area contributed by atoms with Crippen molar-refractivity contribution in [3.8, 4) is 0 Å². The molecule has 4 rings (SSSR count). The van der Waals surface area contributed by atoms with Crippen molar-refractivity contribution in [3.05, 3.63) is 11.7 Å². The van der Waals surface area contributed by atoms with Gasteiger partial charge < -0.3 is 14.6 Å². The summed E-state index contributed by atoms with van der Waals surface area (Å²) in [5, 5.41) is 7.84. The molecule has 4 atom stereocenters. The minimum atomic E-state index is 0. The van der Waals surface area contributed by atoms with E-state index in [0.29, 0.717) is 12.0 Å². The van der Waals surface area contributed by atoms with E-state index in [4.69, 9.17) is 9.26 Å². The van der Waals surface area contributed by atoms with Crippen LogP contribution < -0.4 is 5.32 Å². The van der Waals surface area contributed by atoms with Gasteiger partial charge in [-0.25, -0.2) is 0 Å². The lowest BCUT2D eigenvalue weighted by Gasteiger charge is -2.24. The first kappa shape index (κ1) is 14.3. The van der Waals surface area contributed by atoms with E-state index < -0.39 is 0 Å². The molecule has 3 aliphatic rings. The summed E-state index contributed by atoms with van der Waals surface area (Å²) in [5.41, 5.74) is 0. The lowest BCUT2D eigenvalue weighted by atomic mass is 9.85. The first-order valence-electron chi connectivity index (χ1n) is 7.57. The number of ether oxygens (including phenoxy) is 1. The fourth-order valence-electron chi connectivity index (χ4n) is 3.80. The molecule has 3 heterocycles. The number of aromatic nitrogens is 2. The minimum absolute atomic E-state index is 0. The smallest absolute Gasteiger partial charge is 0.243 e. The minimum Gasteiger partial charge on any atom is -0.381 e. The maximum absolute atomic E-state index is 5.49. The molecule has 0 amide bonds. The highest BCUT2D eigenvalue weighted by atomic mass is 35.5. The predicted octanol–water partition coefficient (Wildman–Crippen LogP) is 2.59. The molecule has 0 radical (unpaired) electrons. The molecule has 2 aliphatic heterocycles. The van der Waals surface area contributed by atoms with Gasteiger partial charge in [-0.1, -0.05) is 18.0 Å². The van der Waals surface area contributed by atoms with Crippen molar-refractivity contribution in [2.45, 2.75) is 56.5 Å². The molecule has 3 fully saturated rings. The Morgan fingerprint density at radius 3 is 2.85 bits per heavy atom. The number of halogens is 1. The summed E-state index contributed by atoms with van der Waals surface area (Å²) in [6.07, 6.45) is 7.57. The molecule has 0 aromatic carbocycles. The molecule has 4 unspecified atom stereocenters. The van der Waals surface area contributed by atoms with Gasteiger partial charge in [-0.05, 0) is 31.6 Å². The van der Waals surface area contributed by atoms with Crippen LogP contribution in [-0.4, -0.2) is 29.4 Å². The molecular formula is C14H22ClN3O2. The summed E-state index contributed by atoms with van der Waals surface area (Å²) in [6, 6.07) is 0.945. The van der Waals surface area contributed by atoms with E-state index in [-0.39, 0.29) is 18.4 Å². The number of nitrogens with one attached hydrogen (secondary N) is 1. The molecule has 1 aliphatic carbocycles. The van der Waals surface area contributed by atoms with Gasteiger partial charge in [-0.15, -0.1) is 12.4 Å². The SMILES string of the molecule is C1CCC2NC(c3nc(C4CCOC4)no3)CC2C1.Cl. The van der Waals surface area contributed by atoms with Crippen molar-refractivity contribution in [3.63, 3.8) is 0 Å². The summed E-state index contributed by atoms with van der Waals surface area (Å²) in [4.78, 5) is 4.61. The summed E-state index contributed by atoms with van der Waals surface area (Å²) in [7, 11) is 0. The van der Waals surface area contributed by atoms with Crippen LogP contribution in [0, 0.1) is 5.92 Å². The second kappa shape index (κ2) is 6.00. The van der Waals surface area contributed by atoms with Crippen LogP contribution in [0.2, 0.25) is 0 Å². The van der Waals surface area contributed by atoms with Crippen LogP contribution in [-0.2, 0) is 4.74 Å². The quantitative estimate of drug-likeness (QED) is 0.909. The summed E-state index contributed by atoms with van der Waals surface area (Å²) in [5.74, 6) is 2.77. The van der Waals surface area contributed by atoms with Crippen molar-refractivity contribution in [2.75, 3.05) is 13.2 Å². The number of hydrogen-bond acceptors (Lipinski definition) is 5. The molecule has 112 valence electrons. The molecule has 0 bridgehead atoms. The van der Waals surface area contributed by atoms with Gasteiger partial charge in [-0.3, -0.25) is 0 Å². The van der Waals surface area contributed by atoms with Crippen molar-refractivity contribution in [1.29, 1.82) is 0 Å². The molecule has 2 saturated heterocycles. The maximum atomic E-state index is 5.49. The average Bonchev–Trinajstić information content (AvgIpc) is 3.17. The van der Waals surface area contributed by atoms with Crippen molar-refractivity contribution < 1.29 is 9.26 Å². The van der Waals surface area contributed by atoms with Gasteiger partial charge in [0.05, 0.1) is 12.6 Å².